The first-order valence-electron chi connectivity index (χ1n) is 6.37. The van der Waals surface area contributed by atoms with E-state index in [9.17, 15) is 0 Å². The molecule has 0 saturated heterocycles. The Bertz CT molecular complexity index is 618. The van der Waals surface area contributed by atoms with Gasteiger partial charge in [-0.25, -0.2) is 0 Å². The Morgan fingerprint density at radius 1 is 1.43 bits per heavy atom. The summed E-state index contributed by atoms with van der Waals surface area (Å²) in [5.41, 5.74) is 8.04. The Labute approximate surface area is 137 Å². The molecule has 5 nitrogen and oxygen atoms in total. The van der Waals surface area contributed by atoms with Crippen LogP contribution in [-0.4, -0.2) is 30.6 Å². The van der Waals surface area contributed by atoms with E-state index >= 15 is 0 Å². The van der Waals surface area contributed by atoms with E-state index in [4.69, 9.17) is 26.8 Å². The van der Waals surface area contributed by atoms with E-state index in [0.717, 1.165) is 21.5 Å². The minimum atomic E-state index is -0.376. The Morgan fingerprint density at radius 3 is 2.81 bits per heavy atom. The van der Waals surface area contributed by atoms with Gasteiger partial charge in [0.05, 0.1) is 47.7 Å². The molecule has 0 amide bonds. The van der Waals surface area contributed by atoms with E-state index in [1.165, 1.54) is 0 Å². The van der Waals surface area contributed by atoms with Crippen LogP contribution in [-0.2, 0) is 11.3 Å². The smallest absolute Gasteiger partial charge is 0.133 e. The summed E-state index contributed by atoms with van der Waals surface area (Å²) in [5, 5.41) is 4.79. The van der Waals surface area contributed by atoms with Gasteiger partial charge in [-0.2, -0.15) is 5.10 Å². The zero-order valence-electron chi connectivity index (χ0n) is 11.8. The Kier molecular flexibility index (Phi) is 5.64. The van der Waals surface area contributed by atoms with E-state index in [1.807, 2.05) is 18.2 Å². The molecule has 114 valence electrons. The van der Waals surface area contributed by atoms with Crippen LogP contribution in [0.2, 0.25) is 5.02 Å². The number of halogens is 2. The fraction of sp³-hybridized carbons (Fsp3) is 0.357. The maximum atomic E-state index is 6.35. The molecule has 1 unspecified atom stereocenters. The molecule has 2 aromatic rings. The van der Waals surface area contributed by atoms with Crippen molar-refractivity contribution in [3.8, 4) is 5.75 Å². The highest BCUT2D eigenvalue weighted by atomic mass is 79.9. The molecule has 0 spiro atoms. The van der Waals surface area contributed by atoms with Gasteiger partial charge in [0.2, 0.25) is 0 Å². The van der Waals surface area contributed by atoms with Crippen molar-refractivity contribution in [1.82, 2.24) is 9.78 Å². The lowest BCUT2D eigenvalue weighted by atomic mass is 10.0. The average Bonchev–Trinajstić information content (AvgIpc) is 2.85. The van der Waals surface area contributed by atoms with Gasteiger partial charge in [0.15, 0.2) is 0 Å². The molecule has 21 heavy (non-hydrogen) atoms. The largest absolute Gasteiger partial charge is 0.496 e. The summed E-state index contributed by atoms with van der Waals surface area (Å²) in [7, 11) is 3.27. The van der Waals surface area contributed by atoms with Crippen molar-refractivity contribution in [3.63, 3.8) is 0 Å². The topological polar surface area (TPSA) is 62.3 Å². The molecular formula is C14H17BrClN3O2. The number of hydrogen-bond donors (Lipinski definition) is 1. The van der Waals surface area contributed by atoms with Crippen molar-refractivity contribution < 1.29 is 9.47 Å². The van der Waals surface area contributed by atoms with Crippen molar-refractivity contribution in [2.75, 3.05) is 20.8 Å². The maximum Gasteiger partial charge on any atom is 0.133 e. The van der Waals surface area contributed by atoms with Gasteiger partial charge >= 0.3 is 0 Å². The second-order valence-electron chi connectivity index (χ2n) is 4.47. The summed E-state index contributed by atoms with van der Waals surface area (Å²) in [5.74, 6) is 0.755. The quantitative estimate of drug-likeness (QED) is 0.844. The van der Waals surface area contributed by atoms with Gasteiger partial charge in [0.1, 0.15) is 5.75 Å². The summed E-state index contributed by atoms with van der Waals surface area (Å²) in [6, 6.07) is 5.33. The van der Waals surface area contributed by atoms with E-state index in [1.54, 1.807) is 25.1 Å². The molecule has 1 aromatic heterocycles. The predicted octanol–water partition coefficient (Wildman–Crippen LogP) is 3.00. The van der Waals surface area contributed by atoms with Crippen LogP contribution < -0.4 is 10.5 Å². The van der Waals surface area contributed by atoms with Crippen LogP contribution in [0.3, 0.4) is 0 Å². The number of nitrogens with two attached hydrogens (primary N) is 1. The number of methoxy groups -OCH3 is 2. The summed E-state index contributed by atoms with van der Waals surface area (Å²) in [6.07, 6.45) is 1.60. The number of hydrogen-bond acceptors (Lipinski definition) is 4. The normalized spacial score (nSPS) is 12.4. The molecule has 2 N–H and O–H groups in total. The first kappa shape index (κ1) is 16.3. The number of aromatic nitrogens is 2. The van der Waals surface area contributed by atoms with Gasteiger partial charge < -0.3 is 15.2 Å². The van der Waals surface area contributed by atoms with E-state index in [2.05, 4.69) is 21.0 Å². The molecule has 0 aliphatic carbocycles. The van der Waals surface area contributed by atoms with Crippen LogP contribution >= 0.6 is 27.5 Å². The monoisotopic (exact) mass is 373 g/mol. The van der Waals surface area contributed by atoms with Crippen LogP contribution in [0, 0.1) is 0 Å². The Balaban J connectivity index is 2.33. The van der Waals surface area contributed by atoms with Crippen LogP contribution in [0.1, 0.15) is 17.3 Å². The summed E-state index contributed by atoms with van der Waals surface area (Å²) in [4.78, 5) is 0. The molecule has 0 aliphatic heterocycles. The molecule has 1 aromatic carbocycles. The van der Waals surface area contributed by atoms with Gasteiger partial charge in [0, 0.05) is 7.11 Å². The van der Waals surface area contributed by atoms with Crippen molar-refractivity contribution in [2.24, 2.45) is 5.73 Å². The number of rotatable bonds is 6. The lowest BCUT2D eigenvalue weighted by molar-refractivity contribution is 0.182. The van der Waals surface area contributed by atoms with E-state index < -0.39 is 0 Å². The molecule has 0 fully saturated rings. The highest BCUT2D eigenvalue weighted by Gasteiger charge is 2.19. The van der Waals surface area contributed by atoms with Crippen LogP contribution in [0.5, 0.6) is 5.75 Å². The number of benzene rings is 1. The van der Waals surface area contributed by atoms with Gasteiger partial charge in [-0.1, -0.05) is 17.7 Å². The highest BCUT2D eigenvalue weighted by Crippen LogP contribution is 2.31. The number of nitrogens with zero attached hydrogens (tertiary/aromatic N) is 2. The molecular weight excluding hydrogens is 358 g/mol. The molecule has 0 saturated carbocycles. The van der Waals surface area contributed by atoms with Crippen molar-refractivity contribution in [1.29, 1.82) is 0 Å². The van der Waals surface area contributed by atoms with E-state index in [-0.39, 0.29) is 6.04 Å². The first-order valence-corrected chi connectivity index (χ1v) is 7.54. The number of ether oxygens (including phenoxy) is 2. The highest BCUT2D eigenvalue weighted by molar-refractivity contribution is 9.10. The minimum absolute atomic E-state index is 0.376. The third-order valence-corrected chi connectivity index (χ3v) is 4.08. The van der Waals surface area contributed by atoms with Gasteiger partial charge in [0.25, 0.3) is 0 Å². The van der Waals surface area contributed by atoms with Gasteiger partial charge in [-0.15, -0.1) is 0 Å². The summed E-state index contributed by atoms with van der Waals surface area (Å²) < 4.78 is 12.9. The molecule has 0 aliphatic rings. The molecule has 0 radical (unpaired) electrons. The molecule has 1 heterocycles. The molecule has 2 rings (SSSR count). The Hall–Kier alpha value is -1.08. The summed E-state index contributed by atoms with van der Waals surface area (Å²) >= 11 is 9.69. The van der Waals surface area contributed by atoms with E-state index in [0.29, 0.717) is 18.2 Å². The lowest BCUT2D eigenvalue weighted by Crippen LogP contribution is -2.19. The first-order chi connectivity index (χ1) is 10.1. The average molecular weight is 375 g/mol. The van der Waals surface area contributed by atoms with Crippen LogP contribution in [0.15, 0.2) is 28.9 Å². The zero-order valence-corrected chi connectivity index (χ0v) is 14.2. The third kappa shape index (κ3) is 3.58. The van der Waals surface area contributed by atoms with Crippen LogP contribution in [0.25, 0.3) is 0 Å². The molecule has 7 heteroatoms. The van der Waals surface area contributed by atoms with Crippen molar-refractivity contribution >= 4 is 27.5 Å². The fourth-order valence-corrected chi connectivity index (χ4v) is 2.89. The zero-order chi connectivity index (χ0) is 15.4. The standard InChI is InChI=1S/C14H17BrClN3O2/c1-20-6-5-19-14(11(16)8-18-19)13(17)9-3-4-12(21-2)10(15)7-9/h3-4,7-8,13H,5-6,17H2,1-2H3. The van der Waals surface area contributed by atoms with Crippen LogP contribution in [0.4, 0.5) is 0 Å². The Morgan fingerprint density at radius 2 is 2.19 bits per heavy atom. The fourth-order valence-electron chi connectivity index (χ4n) is 2.07. The second kappa shape index (κ2) is 7.26. The third-order valence-electron chi connectivity index (χ3n) is 3.17. The van der Waals surface area contributed by atoms with Crippen molar-refractivity contribution in [2.45, 2.75) is 12.6 Å². The summed E-state index contributed by atoms with van der Waals surface area (Å²) in [6.45, 7) is 1.15. The molecule has 1 atom stereocenters. The lowest BCUT2D eigenvalue weighted by Gasteiger charge is -2.16. The maximum absolute atomic E-state index is 6.35. The van der Waals surface area contributed by atoms with Gasteiger partial charge in [-0.05, 0) is 33.6 Å². The minimum Gasteiger partial charge on any atom is -0.496 e. The van der Waals surface area contributed by atoms with Gasteiger partial charge in [-0.3, -0.25) is 4.68 Å². The van der Waals surface area contributed by atoms with Crippen molar-refractivity contribution in [3.05, 3.63) is 45.1 Å². The predicted molar refractivity (Wildman–Crippen MR) is 85.8 cm³/mol. The molecule has 0 bridgehead atoms. The second-order valence-corrected chi connectivity index (χ2v) is 5.73. The SMILES string of the molecule is COCCn1ncc(Cl)c1C(N)c1ccc(OC)c(Br)c1.